The van der Waals surface area contributed by atoms with Crippen LogP contribution in [0.15, 0.2) is 17.7 Å². The molecule has 2 heterocycles. The zero-order valence-corrected chi connectivity index (χ0v) is 9.20. The predicted molar refractivity (Wildman–Crippen MR) is 61.8 cm³/mol. The monoisotopic (exact) mass is 204 g/mol. The molecule has 0 fully saturated rings. The van der Waals surface area contributed by atoms with E-state index in [0.29, 0.717) is 5.95 Å². The normalized spacial score (nSPS) is 16.4. The molecule has 0 spiro atoms. The van der Waals surface area contributed by atoms with E-state index in [1.54, 1.807) is 0 Å². The van der Waals surface area contributed by atoms with Crippen LogP contribution in [0.3, 0.4) is 0 Å². The number of hydrogen-bond acceptors (Lipinski definition) is 4. The zero-order valence-electron chi connectivity index (χ0n) is 9.20. The van der Waals surface area contributed by atoms with Gasteiger partial charge >= 0.3 is 0 Å². The van der Waals surface area contributed by atoms with Gasteiger partial charge in [0.15, 0.2) is 0 Å². The molecule has 15 heavy (non-hydrogen) atoms. The van der Waals surface area contributed by atoms with E-state index in [1.165, 1.54) is 5.57 Å². The molecular formula is C11H16N4. The van der Waals surface area contributed by atoms with E-state index in [-0.39, 0.29) is 0 Å². The first kappa shape index (κ1) is 9.96. The maximum Gasteiger partial charge on any atom is 0.222 e. The Morgan fingerprint density at radius 2 is 2.13 bits per heavy atom. The molecular weight excluding hydrogens is 188 g/mol. The molecule has 0 aromatic carbocycles. The van der Waals surface area contributed by atoms with Crippen molar-refractivity contribution in [1.29, 1.82) is 0 Å². The molecule has 0 bridgehead atoms. The molecule has 0 atom stereocenters. The second kappa shape index (κ2) is 3.88. The lowest BCUT2D eigenvalue weighted by Gasteiger charge is -2.26. The second-order valence-corrected chi connectivity index (χ2v) is 3.97. The molecule has 0 saturated heterocycles. The lowest BCUT2D eigenvalue weighted by molar-refractivity contribution is 0.773. The van der Waals surface area contributed by atoms with Crippen molar-refractivity contribution in [1.82, 2.24) is 9.97 Å². The van der Waals surface area contributed by atoms with Crippen molar-refractivity contribution < 1.29 is 0 Å². The minimum Gasteiger partial charge on any atom is -0.368 e. The van der Waals surface area contributed by atoms with Crippen LogP contribution in [-0.2, 0) is 0 Å². The Bertz CT molecular complexity index is 377. The molecule has 80 valence electrons. The van der Waals surface area contributed by atoms with Crippen LogP contribution in [0.5, 0.6) is 0 Å². The quantitative estimate of drug-likeness (QED) is 0.705. The highest BCUT2D eigenvalue weighted by Gasteiger charge is 2.12. The van der Waals surface area contributed by atoms with E-state index in [4.69, 9.17) is 5.73 Å². The van der Waals surface area contributed by atoms with Crippen LogP contribution < -0.4 is 10.6 Å². The van der Waals surface area contributed by atoms with Crippen LogP contribution in [-0.4, -0.2) is 23.1 Å². The van der Waals surface area contributed by atoms with Crippen molar-refractivity contribution >= 4 is 11.8 Å². The molecule has 0 amide bonds. The SMILES string of the molecule is CC1=CCN(c2cc(C)nc(N)n2)CC1. The molecule has 1 aliphatic heterocycles. The number of aromatic nitrogens is 2. The summed E-state index contributed by atoms with van der Waals surface area (Å²) in [6.07, 6.45) is 3.33. The lowest BCUT2D eigenvalue weighted by Crippen LogP contribution is -2.29. The van der Waals surface area contributed by atoms with Crippen molar-refractivity contribution in [3.05, 3.63) is 23.4 Å². The molecule has 0 radical (unpaired) electrons. The highest BCUT2D eigenvalue weighted by molar-refractivity contribution is 5.45. The Morgan fingerprint density at radius 1 is 1.33 bits per heavy atom. The van der Waals surface area contributed by atoms with E-state index in [0.717, 1.165) is 31.0 Å². The van der Waals surface area contributed by atoms with Crippen molar-refractivity contribution in [3.63, 3.8) is 0 Å². The first-order chi connectivity index (χ1) is 7.15. The molecule has 1 aromatic rings. The number of anilines is 2. The van der Waals surface area contributed by atoms with Gasteiger partial charge in [0.25, 0.3) is 0 Å². The van der Waals surface area contributed by atoms with E-state index in [9.17, 15) is 0 Å². The van der Waals surface area contributed by atoms with E-state index < -0.39 is 0 Å². The lowest BCUT2D eigenvalue weighted by atomic mass is 10.1. The standard InChI is InChI=1S/C11H16N4/c1-8-3-5-15(6-4-8)10-7-9(2)13-11(12)14-10/h3,7H,4-6H2,1-2H3,(H2,12,13,14). The van der Waals surface area contributed by atoms with E-state index >= 15 is 0 Å². The Kier molecular flexibility index (Phi) is 2.58. The topological polar surface area (TPSA) is 55.0 Å². The summed E-state index contributed by atoms with van der Waals surface area (Å²) in [7, 11) is 0. The molecule has 0 unspecified atom stereocenters. The molecule has 2 N–H and O–H groups in total. The first-order valence-electron chi connectivity index (χ1n) is 5.17. The number of hydrogen-bond donors (Lipinski definition) is 1. The Labute approximate surface area is 89.8 Å². The van der Waals surface area contributed by atoms with Gasteiger partial charge in [-0.3, -0.25) is 0 Å². The third-order valence-corrected chi connectivity index (χ3v) is 2.62. The fourth-order valence-corrected chi connectivity index (χ4v) is 1.72. The summed E-state index contributed by atoms with van der Waals surface area (Å²) >= 11 is 0. The van der Waals surface area contributed by atoms with E-state index in [1.807, 2.05) is 13.0 Å². The summed E-state index contributed by atoms with van der Waals surface area (Å²) in [5.74, 6) is 1.29. The highest BCUT2D eigenvalue weighted by Crippen LogP contribution is 2.18. The van der Waals surface area contributed by atoms with Crippen molar-refractivity contribution in [3.8, 4) is 0 Å². The average Bonchev–Trinajstić information content (AvgIpc) is 2.17. The minimum atomic E-state index is 0.358. The van der Waals surface area contributed by atoms with Gasteiger partial charge in [0.1, 0.15) is 5.82 Å². The Balaban J connectivity index is 2.23. The van der Waals surface area contributed by atoms with Crippen molar-refractivity contribution in [2.75, 3.05) is 23.7 Å². The van der Waals surface area contributed by atoms with Gasteiger partial charge in [-0.15, -0.1) is 0 Å². The zero-order chi connectivity index (χ0) is 10.8. The number of nitrogen functional groups attached to an aromatic ring is 1. The van der Waals surface area contributed by atoms with Gasteiger partial charge in [-0.1, -0.05) is 11.6 Å². The van der Waals surface area contributed by atoms with Crippen LogP contribution in [0, 0.1) is 6.92 Å². The number of aryl methyl sites for hydroxylation is 1. The maximum absolute atomic E-state index is 5.63. The molecule has 0 saturated carbocycles. The summed E-state index contributed by atoms with van der Waals surface area (Å²) in [5.41, 5.74) is 8.00. The smallest absolute Gasteiger partial charge is 0.222 e. The highest BCUT2D eigenvalue weighted by atomic mass is 15.2. The van der Waals surface area contributed by atoms with Crippen LogP contribution in [0.25, 0.3) is 0 Å². The molecule has 1 aliphatic rings. The van der Waals surface area contributed by atoms with Gasteiger partial charge in [0, 0.05) is 24.8 Å². The molecule has 4 nitrogen and oxygen atoms in total. The summed E-state index contributed by atoms with van der Waals surface area (Å²) in [6, 6.07) is 1.98. The Hall–Kier alpha value is -1.58. The number of rotatable bonds is 1. The van der Waals surface area contributed by atoms with Gasteiger partial charge < -0.3 is 10.6 Å². The largest absolute Gasteiger partial charge is 0.368 e. The average molecular weight is 204 g/mol. The van der Waals surface area contributed by atoms with Crippen molar-refractivity contribution in [2.24, 2.45) is 0 Å². The van der Waals surface area contributed by atoms with Gasteiger partial charge in [0.05, 0.1) is 0 Å². The third kappa shape index (κ3) is 2.26. The van der Waals surface area contributed by atoms with Gasteiger partial charge in [-0.05, 0) is 20.3 Å². The second-order valence-electron chi connectivity index (χ2n) is 3.97. The summed E-state index contributed by atoms with van der Waals surface area (Å²) in [4.78, 5) is 10.5. The fourth-order valence-electron chi connectivity index (χ4n) is 1.72. The van der Waals surface area contributed by atoms with Gasteiger partial charge in [-0.25, -0.2) is 4.98 Å². The minimum absolute atomic E-state index is 0.358. The first-order valence-corrected chi connectivity index (χ1v) is 5.17. The summed E-state index contributed by atoms with van der Waals surface area (Å²) in [5, 5.41) is 0. The Morgan fingerprint density at radius 3 is 2.73 bits per heavy atom. The van der Waals surface area contributed by atoms with Crippen LogP contribution in [0.1, 0.15) is 19.0 Å². The molecule has 0 aliphatic carbocycles. The van der Waals surface area contributed by atoms with E-state index in [2.05, 4.69) is 27.9 Å². The molecule has 4 heteroatoms. The van der Waals surface area contributed by atoms with Crippen LogP contribution >= 0.6 is 0 Å². The number of nitrogens with two attached hydrogens (primary N) is 1. The predicted octanol–water partition coefficient (Wildman–Crippen LogP) is 1.52. The van der Waals surface area contributed by atoms with Gasteiger partial charge in [0.2, 0.25) is 5.95 Å². The molecule has 1 aromatic heterocycles. The summed E-state index contributed by atoms with van der Waals surface area (Å²) < 4.78 is 0. The van der Waals surface area contributed by atoms with Gasteiger partial charge in [-0.2, -0.15) is 4.98 Å². The van der Waals surface area contributed by atoms with Crippen LogP contribution in [0.2, 0.25) is 0 Å². The number of nitrogens with zero attached hydrogens (tertiary/aromatic N) is 3. The summed E-state index contributed by atoms with van der Waals surface area (Å²) in [6.45, 7) is 6.03. The van der Waals surface area contributed by atoms with Crippen LogP contribution in [0.4, 0.5) is 11.8 Å². The van der Waals surface area contributed by atoms with Crippen molar-refractivity contribution in [2.45, 2.75) is 20.3 Å². The third-order valence-electron chi connectivity index (χ3n) is 2.62. The maximum atomic E-state index is 5.63. The molecule has 2 rings (SSSR count). The fraction of sp³-hybridized carbons (Fsp3) is 0.455.